The maximum Gasteiger partial charge on any atom is 0.317 e. The number of carbonyl (C=O) groups is 1. The molecule has 2 heterocycles. The molecule has 1 N–H and O–H groups in total. The van der Waals surface area contributed by atoms with Crippen molar-refractivity contribution in [1.29, 1.82) is 0 Å². The monoisotopic (exact) mass is 336 g/mol. The predicted octanol–water partition coefficient (Wildman–Crippen LogP) is 2.67. The highest BCUT2D eigenvalue weighted by Gasteiger charge is 2.16. The van der Waals surface area contributed by atoms with Crippen LogP contribution in [-0.4, -0.2) is 47.3 Å². The molecule has 1 atom stereocenters. The van der Waals surface area contributed by atoms with Gasteiger partial charge in [0.1, 0.15) is 0 Å². The molecular weight excluding hydrogens is 312 g/mol. The molecule has 2 amide bonds. The first-order valence-corrected chi connectivity index (χ1v) is 8.52. The Labute approximate surface area is 141 Å². The number of carbonyl (C=O) groups excluding carboxylic acids is 1. The summed E-state index contributed by atoms with van der Waals surface area (Å²) in [4.78, 5) is 19.5. The van der Waals surface area contributed by atoms with Crippen LogP contribution in [0.1, 0.15) is 23.4 Å². The topological polar surface area (TPSA) is 59.4 Å². The van der Waals surface area contributed by atoms with Crippen molar-refractivity contribution in [2.45, 2.75) is 26.4 Å². The van der Waals surface area contributed by atoms with Gasteiger partial charge in [0.05, 0.1) is 19.5 Å². The molecular formula is C16H24N4O2S. The first-order chi connectivity index (χ1) is 11.1. The number of ether oxygens (including phenoxy) is 1. The molecule has 2 aromatic heterocycles. The minimum Gasteiger partial charge on any atom is -0.383 e. The predicted molar refractivity (Wildman–Crippen MR) is 91.7 cm³/mol. The summed E-state index contributed by atoms with van der Waals surface area (Å²) >= 11 is 1.68. The van der Waals surface area contributed by atoms with E-state index >= 15 is 0 Å². The second kappa shape index (κ2) is 8.69. The smallest absolute Gasteiger partial charge is 0.317 e. The van der Waals surface area contributed by atoms with E-state index < -0.39 is 0 Å². The van der Waals surface area contributed by atoms with Crippen molar-refractivity contribution in [2.75, 3.05) is 26.8 Å². The molecule has 0 fully saturated rings. The minimum absolute atomic E-state index is 0.0678. The fraction of sp³-hybridized carbons (Fsp3) is 0.500. The van der Waals surface area contributed by atoms with Crippen LogP contribution in [0.25, 0.3) is 0 Å². The Bertz CT molecular complexity index is 597. The largest absolute Gasteiger partial charge is 0.383 e. The van der Waals surface area contributed by atoms with Gasteiger partial charge in [0.25, 0.3) is 0 Å². The van der Waals surface area contributed by atoms with E-state index in [0.29, 0.717) is 26.2 Å². The number of nitrogens with zero attached hydrogens (tertiary/aromatic N) is 3. The minimum atomic E-state index is -0.0678. The van der Waals surface area contributed by atoms with Crippen molar-refractivity contribution in [3.05, 3.63) is 40.6 Å². The summed E-state index contributed by atoms with van der Waals surface area (Å²) in [7, 11) is 1.65. The maximum absolute atomic E-state index is 12.5. The lowest BCUT2D eigenvalue weighted by molar-refractivity contribution is 0.146. The second-order valence-electron chi connectivity index (χ2n) is 5.49. The van der Waals surface area contributed by atoms with Crippen molar-refractivity contribution in [3.8, 4) is 0 Å². The standard InChI is InChI=1S/C16H24N4O2S/c1-13-4-9-23-15(13)11-19(7-8-22-3)16(21)18-10-14(2)20-6-5-17-12-20/h4-6,9,12,14H,7-8,10-11H2,1-3H3,(H,18,21)/t14-/m0/s1. The van der Waals surface area contributed by atoms with Gasteiger partial charge in [0.15, 0.2) is 0 Å². The maximum atomic E-state index is 12.5. The number of thiophene rings is 1. The van der Waals surface area contributed by atoms with Gasteiger partial charge in [0.2, 0.25) is 0 Å². The molecule has 7 heteroatoms. The fourth-order valence-corrected chi connectivity index (χ4v) is 3.10. The van der Waals surface area contributed by atoms with Crippen LogP contribution in [-0.2, 0) is 11.3 Å². The Morgan fingerprint density at radius 1 is 1.57 bits per heavy atom. The van der Waals surface area contributed by atoms with E-state index in [2.05, 4.69) is 28.7 Å². The highest BCUT2D eigenvalue weighted by molar-refractivity contribution is 7.10. The lowest BCUT2D eigenvalue weighted by Crippen LogP contribution is -2.42. The van der Waals surface area contributed by atoms with Crippen molar-refractivity contribution in [1.82, 2.24) is 19.8 Å². The molecule has 0 saturated carbocycles. The van der Waals surface area contributed by atoms with Crippen LogP contribution in [0.3, 0.4) is 0 Å². The SMILES string of the molecule is COCCN(Cc1sccc1C)C(=O)NC[C@H](C)n1ccnc1. The molecule has 0 spiro atoms. The van der Waals surface area contributed by atoms with E-state index in [0.717, 1.165) is 0 Å². The third-order valence-electron chi connectivity index (χ3n) is 3.74. The zero-order valence-electron chi connectivity index (χ0n) is 13.9. The van der Waals surface area contributed by atoms with Gasteiger partial charge in [-0.2, -0.15) is 0 Å². The van der Waals surface area contributed by atoms with E-state index in [1.807, 2.05) is 17.7 Å². The zero-order valence-corrected chi connectivity index (χ0v) is 14.7. The summed E-state index contributed by atoms with van der Waals surface area (Å²) in [5.41, 5.74) is 1.22. The van der Waals surface area contributed by atoms with Crippen LogP contribution in [0.5, 0.6) is 0 Å². The Morgan fingerprint density at radius 2 is 2.39 bits per heavy atom. The molecule has 0 aliphatic heterocycles. The fourth-order valence-electron chi connectivity index (χ4n) is 2.18. The van der Waals surface area contributed by atoms with Gasteiger partial charge < -0.3 is 19.5 Å². The number of rotatable bonds is 8. The van der Waals surface area contributed by atoms with Crippen LogP contribution in [0.15, 0.2) is 30.2 Å². The summed E-state index contributed by atoms with van der Waals surface area (Å²) in [5.74, 6) is 0. The number of methoxy groups -OCH3 is 1. The molecule has 2 aromatic rings. The molecule has 0 saturated heterocycles. The summed E-state index contributed by atoms with van der Waals surface area (Å²) in [5, 5.41) is 5.05. The van der Waals surface area contributed by atoms with Crippen molar-refractivity contribution < 1.29 is 9.53 Å². The lowest BCUT2D eigenvalue weighted by Gasteiger charge is -2.24. The highest BCUT2D eigenvalue weighted by Crippen LogP contribution is 2.18. The van der Waals surface area contributed by atoms with Gasteiger partial charge in [0, 0.05) is 43.5 Å². The summed E-state index contributed by atoms with van der Waals surface area (Å²) < 4.78 is 7.10. The first kappa shape index (κ1) is 17.5. The van der Waals surface area contributed by atoms with Gasteiger partial charge in [-0.3, -0.25) is 0 Å². The van der Waals surface area contributed by atoms with Gasteiger partial charge >= 0.3 is 6.03 Å². The van der Waals surface area contributed by atoms with Crippen molar-refractivity contribution in [3.63, 3.8) is 0 Å². The molecule has 0 bridgehead atoms. The molecule has 0 aliphatic carbocycles. The number of hydrogen-bond acceptors (Lipinski definition) is 4. The molecule has 0 aliphatic rings. The third-order valence-corrected chi connectivity index (χ3v) is 4.75. The molecule has 23 heavy (non-hydrogen) atoms. The van der Waals surface area contributed by atoms with E-state index in [4.69, 9.17) is 4.74 Å². The van der Waals surface area contributed by atoms with E-state index in [-0.39, 0.29) is 12.1 Å². The van der Waals surface area contributed by atoms with Crippen LogP contribution in [0.2, 0.25) is 0 Å². The molecule has 0 aromatic carbocycles. The molecule has 2 rings (SSSR count). The highest BCUT2D eigenvalue weighted by atomic mass is 32.1. The summed E-state index contributed by atoms with van der Waals surface area (Å²) in [6, 6.07) is 2.17. The van der Waals surface area contributed by atoms with E-state index in [9.17, 15) is 4.79 Å². The second-order valence-corrected chi connectivity index (χ2v) is 6.49. The van der Waals surface area contributed by atoms with Gasteiger partial charge in [-0.15, -0.1) is 11.3 Å². The van der Waals surface area contributed by atoms with Crippen molar-refractivity contribution >= 4 is 17.4 Å². The van der Waals surface area contributed by atoms with E-state index in [1.165, 1.54) is 10.4 Å². The Balaban J connectivity index is 1.92. The number of amides is 2. The third kappa shape index (κ3) is 5.07. The first-order valence-electron chi connectivity index (χ1n) is 7.64. The molecule has 6 nitrogen and oxygen atoms in total. The number of hydrogen-bond donors (Lipinski definition) is 1. The number of urea groups is 1. The van der Waals surface area contributed by atoms with E-state index in [1.54, 1.807) is 35.9 Å². The molecule has 126 valence electrons. The van der Waals surface area contributed by atoms with Gasteiger partial charge in [-0.05, 0) is 30.9 Å². The van der Waals surface area contributed by atoms with Crippen LogP contribution < -0.4 is 5.32 Å². The van der Waals surface area contributed by atoms with Gasteiger partial charge in [-0.25, -0.2) is 9.78 Å². The quantitative estimate of drug-likeness (QED) is 0.806. The Morgan fingerprint density at radius 3 is 3.00 bits per heavy atom. The van der Waals surface area contributed by atoms with Crippen LogP contribution in [0.4, 0.5) is 4.79 Å². The summed E-state index contributed by atoms with van der Waals surface area (Å²) in [6.45, 7) is 6.37. The molecule has 0 unspecified atom stereocenters. The Hall–Kier alpha value is -1.86. The number of imidazole rings is 1. The summed E-state index contributed by atoms with van der Waals surface area (Å²) in [6.07, 6.45) is 5.39. The average Bonchev–Trinajstić information content (AvgIpc) is 3.21. The lowest BCUT2D eigenvalue weighted by atomic mass is 10.3. The molecule has 0 radical (unpaired) electrons. The Kier molecular flexibility index (Phi) is 6.61. The van der Waals surface area contributed by atoms with Crippen molar-refractivity contribution in [2.24, 2.45) is 0 Å². The number of aryl methyl sites for hydroxylation is 1. The number of aromatic nitrogens is 2. The zero-order chi connectivity index (χ0) is 16.7. The van der Waals surface area contributed by atoms with Gasteiger partial charge in [-0.1, -0.05) is 0 Å². The van der Waals surface area contributed by atoms with Crippen LogP contribution in [0, 0.1) is 6.92 Å². The normalized spacial score (nSPS) is 12.1. The number of nitrogens with one attached hydrogen (secondary N) is 1. The average molecular weight is 336 g/mol. The van der Waals surface area contributed by atoms with Crippen LogP contribution >= 0.6 is 11.3 Å².